The largest absolute Gasteiger partial charge is 0.302 e. The lowest BCUT2D eigenvalue weighted by molar-refractivity contribution is -0.123. The lowest BCUT2D eigenvalue weighted by Gasteiger charge is -2.36. The van der Waals surface area contributed by atoms with Gasteiger partial charge in [0.05, 0.1) is 10.2 Å². The van der Waals surface area contributed by atoms with Gasteiger partial charge in [0, 0.05) is 19.6 Å². The fourth-order valence-electron chi connectivity index (χ4n) is 4.36. The number of aryl methyl sites for hydroxylation is 1. The van der Waals surface area contributed by atoms with Crippen LogP contribution in [0, 0.1) is 6.92 Å². The molecule has 0 aliphatic carbocycles. The van der Waals surface area contributed by atoms with Crippen molar-refractivity contribution in [2.75, 3.05) is 37.6 Å². The first-order valence-corrected chi connectivity index (χ1v) is 14.9. The van der Waals surface area contributed by atoms with E-state index in [4.69, 9.17) is 4.98 Å². The number of likely N-dealkylation sites (N-methyl/N-ethyl adjacent to an activating group) is 1. The molecule has 4 rings (SSSR count). The summed E-state index contributed by atoms with van der Waals surface area (Å²) in [4.78, 5) is 22.8. The SMILES string of the molecule is CCN(CC)CCN(C(=O)C1CCCCN1S(=O)(=O)c1cccs1)c1nc2ccc(C)cc2s1. The Kier molecular flexibility index (Phi) is 8.04. The summed E-state index contributed by atoms with van der Waals surface area (Å²) in [5, 5.41) is 2.39. The van der Waals surface area contributed by atoms with Crippen molar-refractivity contribution in [1.82, 2.24) is 14.2 Å². The highest BCUT2D eigenvalue weighted by Gasteiger charge is 2.40. The van der Waals surface area contributed by atoms with Gasteiger partial charge in [-0.3, -0.25) is 9.69 Å². The first-order valence-electron chi connectivity index (χ1n) is 11.8. The molecule has 184 valence electrons. The molecule has 1 amide bonds. The van der Waals surface area contributed by atoms with E-state index in [0.29, 0.717) is 31.2 Å². The van der Waals surface area contributed by atoms with Crippen molar-refractivity contribution >= 4 is 54.0 Å². The number of carbonyl (C=O) groups is 1. The molecule has 1 aliphatic heterocycles. The number of anilines is 1. The van der Waals surface area contributed by atoms with E-state index in [2.05, 4.69) is 24.8 Å². The first kappa shape index (κ1) is 25.2. The molecule has 34 heavy (non-hydrogen) atoms. The van der Waals surface area contributed by atoms with E-state index < -0.39 is 16.1 Å². The number of fused-ring (bicyclic) bond motifs is 1. The number of hydrogen-bond acceptors (Lipinski definition) is 7. The van der Waals surface area contributed by atoms with Crippen molar-refractivity contribution in [3.63, 3.8) is 0 Å². The van der Waals surface area contributed by atoms with Gasteiger partial charge in [-0.2, -0.15) is 4.31 Å². The van der Waals surface area contributed by atoms with Gasteiger partial charge in [0.2, 0.25) is 5.91 Å². The summed E-state index contributed by atoms with van der Waals surface area (Å²) in [6, 6.07) is 8.71. The van der Waals surface area contributed by atoms with Crippen LogP contribution in [0.4, 0.5) is 5.13 Å². The topological polar surface area (TPSA) is 73.8 Å². The van der Waals surface area contributed by atoms with Crippen molar-refractivity contribution in [2.24, 2.45) is 0 Å². The lowest BCUT2D eigenvalue weighted by Crippen LogP contribution is -2.54. The van der Waals surface area contributed by atoms with Crippen LogP contribution in [0.2, 0.25) is 0 Å². The quantitative estimate of drug-likeness (QED) is 0.413. The summed E-state index contributed by atoms with van der Waals surface area (Å²) >= 11 is 2.69. The zero-order valence-electron chi connectivity index (χ0n) is 19.9. The summed E-state index contributed by atoms with van der Waals surface area (Å²) in [6.07, 6.45) is 2.11. The van der Waals surface area contributed by atoms with Crippen molar-refractivity contribution in [1.29, 1.82) is 0 Å². The maximum atomic E-state index is 14.0. The second-order valence-electron chi connectivity index (χ2n) is 8.54. The Labute approximate surface area is 210 Å². The Hall–Kier alpha value is -1.85. The van der Waals surface area contributed by atoms with Crippen molar-refractivity contribution in [3.8, 4) is 0 Å². The summed E-state index contributed by atoms with van der Waals surface area (Å²) in [5.74, 6) is -0.178. The number of amides is 1. The number of thiazole rings is 1. The number of piperidine rings is 1. The Bertz CT molecular complexity index is 1220. The minimum absolute atomic E-state index is 0.178. The molecule has 1 saturated heterocycles. The van der Waals surface area contributed by atoms with Gasteiger partial charge in [0.1, 0.15) is 10.3 Å². The fraction of sp³-hybridized carbons (Fsp3) is 0.500. The van der Waals surface area contributed by atoms with Crippen molar-refractivity contribution in [3.05, 3.63) is 41.3 Å². The monoisotopic (exact) mass is 520 g/mol. The number of hydrogen-bond donors (Lipinski definition) is 0. The average Bonchev–Trinajstić information content (AvgIpc) is 3.52. The van der Waals surface area contributed by atoms with Crippen LogP contribution >= 0.6 is 22.7 Å². The molecule has 1 aromatic carbocycles. The molecule has 0 bridgehead atoms. The number of sulfonamides is 1. The number of carbonyl (C=O) groups excluding carboxylic acids is 1. The summed E-state index contributed by atoms with van der Waals surface area (Å²) < 4.78 is 29.5. The molecule has 3 heterocycles. The maximum Gasteiger partial charge on any atom is 0.253 e. The van der Waals surface area contributed by atoms with Crippen LogP contribution in [0.1, 0.15) is 38.7 Å². The van der Waals surface area contributed by atoms with Crippen LogP contribution in [0.25, 0.3) is 10.2 Å². The van der Waals surface area contributed by atoms with Gasteiger partial charge in [0.15, 0.2) is 5.13 Å². The van der Waals surface area contributed by atoms with Crippen LogP contribution in [-0.2, 0) is 14.8 Å². The van der Waals surface area contributed by atoms with Gasteiger partial charge in [0.25, 0.3) is 10.0 Å². The van der Waals surface area contributed by atoms with Crippen molar-refractivity contribution in [2.45, 2.75) is 50.3 Å². The predicted molar refractivity (Wildman–Crippen MR) is 140 cm³/mol. The van der Waals surface area contributed by atoms with E-state index in [1.54, 1.807) is 22.4 Å². The molecule has 7 nitrogen and oxygen atoms in total. The van der Waals surface area contributed by atoms with E-state index >= 15 is 0 Å². The number of aromatic nitrogens is 1. The van der Waals surface area contributed by atoms with Gasteiger partial charge in [-0.15, -0.1) is 11.3 Å². The van der Waals surface area contributed by atoms with E-state index in [1.165, 1.54) is 27.0 Å². The lowest BCUT2D eigenvalue weighted by atomic mass is 10.0. The molecule has 0 radical (unpaired) electrons. The van der Waals surface area contributed by atoms with Crippen LogP contribution < -0.4 is 4.90 Å². The van der Waals surface area contributed by atoms with Crippen LogP contribution in [0.15, 0.2) is 39.9 Å². The van der Waals surface area contributed by atoms with Crippen LogP contribution in [-0.4, -0.2) is 67.3 Å². The second kappa shape index (κ2) is 10.8. The third kappa shape index (κ3) is 5.21. The normalized spacial score (nSPS) is 17.5. The minimum Gasteiger partial charge on any atom is -0.302 e. The summed E-state index contributed by atoms with van der Waals surface area (Å²) in [7, 11) is -3.72. The molecule has 0 saturated carbocycles. The fourth-order valence-corrected chi connectivity index (χ4v) is 8.23. The molecule has 2 aromatic heterocycles. The highest BCUT2D eigenvalue weighted by Crippen LogP contribution is 2.33. The highest BCUT2D eigenvalue weighted by molar-refractivity contribution is 7.91. The molecular weight excluding hydrogens is 488 g/mol. The Morgan fingerprint density at radius 3 is 2.68 bits per heavy atom. The van der Waals surface area contributed by atoms with Gasteiger partial charge in [-0.25, -0.2) is 13.4 Å². The Morgan fingerprint density at radius 1 is 1.18 bits per heavy atom. The molecule has 1 unspecified atom stereocenters. The molecule has 3 aromatic rings. The van der Waals surface area contributed by atoms with E-state index in [-0.39, 0.29) is 10.1 Å². The second-order valence-corrected chi connectivity index (χ2v) is 12.6. The van der Waals surface area contributed by atoms with Crippen LogP contribution in [0.5, 0.6) is 0 Å². The van der Waals surface area contributed by atoms with Gasteiger partial charge in [-0.1, -0.05) is 43.7 Å². The number of rotatable bonds is 9. The molecular formula is C24H32N4O3S3. The number of benzene rings is 1. The van der Waals surface area contributed by atoms with Crippen molar-refractivity contribution < 1.29 is 13.2 Å². The number of nitrogens with zero attached hydrogens (tertiary/aromatic N) is 4. The predicted octanol–water partition coefficient (Wildman–Crippen LogP) is 4.58. The van der Waals surface area contributed by atoms with Gasteiger partial charge < -0.3 is 4.90 Å². The summed E-state index contributed by atoms with van der Waals surface area (Å²) in [6.45, 7) is 9.57. The average molecular weight is 521 g/mol. The number of thiophene rings is 1. The summed E-state index contributed by atoms with van der Waals surface area (Å²) in [5.41, 5.74) is 2.00. The molecule has 0 N–H and O–H groups in total. The van der Waals surface area contributed by atoms with E-state index in [1.807, 2.05) is 19.1 Å². The standard InChI is InChI=1S/C24H32N4O3S3/c1-4-26(5-2)14-15-27(24-25-19-12-11-18(3)17-21(19)33-24)23(29)20-9-6-7-13-28(20)34(30,31)22-10-8-16-32-22/h8,10-12,16-17,20H,4-7,9,13-15H2,1-3H3. The minimum atomic E-state index is -3.72. The van der Waals surface area contributed by atoms with Gasteiger partial charge in [-0.05, 0) is 62.0 Å². The maximum absolute atomic E-state index is 14.0. The highest BCUT2D eigenvalue weighted by atomic mass is 32.2. The van der Waals surface area contributed by atoms with E-state index in [9.17, 15) is 13.2 Å². The van der Waals surface area contributed by atoms with Gasteiger partial charge >= 0.3 is 0 Å². The van der Waals surface area contributed by atoms with Crippen LogP contribution in [0.3, 0.4) is 0 Å². The third-order valence-corrected chi connectivity index (χ3v) is 10.7. The zero-order chi connectivity index (χ0) is 24.3. The van der Waals surface area contributed by atoms with E-state index in [0.717, 1.165) is 41.7 Å². The smallest absolute Gasteiger partial charge is 0.253 e. The molecule has 1 atom stereocenters. The first-order chi connectivity index (χ1) is 16.3. The third-order valence-electron chi connectivity index (χ3n) is 6.36. The Balaban J connectivity index is 1.69. The molecule has 1 fully saturated rings. The molecule has 10 heteroatoms. The molecule has 0 spiro atoms. The zero-order valence-corrected chi connectivity index (χ0v) is 22.4. The molecule has 1 aliphatic rings. The Morgan fingerprint density at radius 2 is 1.97 bits per heavy atom.